The van der Waals surface area contributed by atoms with Gasteiger partial charge < -0.3 is 19.9 Å². The minimum Gasteiger partial charge on any atom is -0.494 e. The van der Waals surface area contributed by atoms with E-state index in [0.717, 1.165) is 11.1 Å². The topological polar surface area (TPSA) is 53.7 Å². The second-order valence-corrected chi connectivity index (χ2v) is 4.94. The van der Waals surface area contributed by atoms with Crippen molar-refractivity contribution in [3.8, 4) is 28.4 Å². The molecule has 22 heavy (non-hydrogen) atoms. The quantitative estimate of drug-likeness (QED) is 0.918. The van der Waals surface area contributed by atoms with E-state index in [1.807, 2.05) is 19.1 Å². The maximum absolute atomic E-state index is 14.0. The van der Waals surface area contributed by atoms with E-state index in [1.165, 1.54) is 13.2 Å². The lowest BCUT2D eigenvalue weighted by Gasteiger charge is -2.17. The number of nitrogens with two attached hydrogens (primary N) is 1. The fourth-order valence-electron chi connectivity index (χ4n) is 2.30. The largest absolute Gasteiger partial charge is 0.494 e. The third-order valence-corrected chi connectivity index (χ3v) is 3.49. The van der Waals surface area contributed by atoms with Gasteiger partial charge in [-0.3, -0.25) is 0 Å². The van der Waals surface area contributed by atoms with Crippen LogP contribution < -0.4 is 19.9 Å². The maximum Gasteiger partial charge on any atom is 0.168 e. The highest BCUT2D eigenvalue weighted by molar-refractivity contribution is 5.75. The van der Waals surface area contributed by atoms with E-state index in [1.54, 1.807) is 26.4 Å². The van der Waals surface area contributed by atoms with Crippen molar-refractivity contribution in [3.63, 3.8) is 0 Å². The Morgan fingerprint density at radius 3 is 2.14 bits per heavy atom. The summed E-state index contributed by atoms with van der Waals surface area (Å²) >= 11 is 0. The van der Waals surface area contributed by atoms with Gasteiger partial charge in [-0.25, -0.2) is 4.39 Å². The molecule has 1 atom stereocenters. The number of hydrogen-bond acceptors (Lipinski definition) is 4. The van der Waals surface area contributed by atoms with Crippen molar-refractivity contribution >= 4 is 0 Å². The molecule has 4 nitrogen and oxygen atoms in total. The molecule has 0 aliphatic carbocycles. The molecule has 0 saturated carbocycles. The molecule has 2 N–H and O–H groups in total. The van der Waals surface area contributed by atoms with Crippen LogP contribution in [0.3, 0.4) is 0 Å². The normalized spacial score (nSPS) is 11.9. The zero-order chi connectivity index (χ0) is 16.3. The number of hydrogen-bond donors (Lipinski definition) is 1. The summed E-state index contributed by atoms with van der Waals surface area (Å²) in [6, 6.07) is 8.28. The van der Waals surface area contributed by atoms with Gasteiger partial charge in [0.2, 0.25) is 0 Å². The van der Waals surface area contributed by atoms with E-state index in [9.17, 15) is 4.39 Å². The molecule has 0 bridgehead atoms. The van der Waals surface area contributed by atoms with E-state index < -0.39 is 5.82 Å². The highest BCUT2D eigenvalue weighted by Gasteiger charge is 2.17. The number of benzene rings is 2. The Kier molecular flexibility index (Phi) is 4.88. The third-order valence-electron chi connectivity index (χ3n) is 3.49. The van der Waals surface area contributed by atoms with Gasteiger partial charge in [-0.1, -0.05) is 6.07 Å². The van der Waals surface area contributed by atoms with Crippen LogP contribution in [0.5, 0.6) is 17.2 Å². The fraction of sp³-hybridized carbons (Fsp3) is 0.294. The van der Waals surface area contributed by atoms with Crippen LogP contribution in [0.1, 0.15) is 18.5 Å². The molecule has 0 fully saturated rings. The molecule has 118 valence electrons. The summed E-state index contributed by atoms with van der Waals surface area (Å²) in [5.74, 6) is 0.852. The SMILES string of the molecule is COc1ccc(-c2cc(C(C)N)cc(OC)c2OC)cc1F. The molecule has 0 aromatic heterocycles. The van der Waals surface area contributed by atoms with Crippen LogP contribution >= 0.6 is 0 Å². The van der Waals surface area contributed by atoms with Gasteiger partial charge in [-0.15, -0.1) is 0 Å². The Morgan fingerprint density at radius 2 is 1.64 bits per heavy atom. The second-order valence-electron chi connectivity index (χ2n) is 4.94. The van der Waals surface area contributed by atoms with Gasteiger partial charge in [-0.2, -0.15) is 0 Å². The average molecular weight is 305 g/mol. The average Bonchev–Trinajstić information content (AvgIpc) is 2.53. The molecule has 0 heterocycles. The molecule has 0 saturated heterocycles. The van der Waals surface area contributed by atoms with Crippen LogP contribution in [-0.4, -0.2) is 21.3 Å². The van der Waals surface area contributed by atoms with Crippen molar-refractivity contribution in [3.05, 3.63) is 41.7 Å². The van der Waals surface area contributed by atoms with Gasteiger partial charge in [0.05, 0.1) is 21.3 Å². The first kappa shape index (κ1) is 16.1. The van der Waals surface area contributed by atoms with Crippen LogP contribution in [-0.2, 0) is 0 Å². The first-order valence-corrected chi connectivity index (χ1v) is 6.87. The van der Waals surface area contributed by atoms with Crippen LogP contribution in [0.2, 0.25) is 0 Å². The van der Waals surface area contributed by atoms with E-state index in [0.29, 0.717) is 17.1 Å². The highest BCUT2D eigenvalue weighted by Crippen LogP contribution is 2.41. The Balaban J connectivity index is 2.66. The van der Waals surface area contributed by atoms with Crippen LogP contribution in [0.25, 0.3) is 11.1 Å². The number of rotatable bonds is 5. The van der Waals surface area contributed by atoms with Gasteiger partial charge in [0.15, 0.2) is 23.1 Å². The standard InChI is InChI=1S/C17H20FNO3/c1-10(19)12-7-13(17(22-4)16(9-12)21-3)11-5-6-15(20-2)14(18)8-11/h5-10H,19H2,1-4H3. The minimum absolute atomic E-state index is 0.179. The molecule has 5 heteroatoms. The molecular weight excluding hydrogens is 285 g/mol. The van der Waals surface area contributed by atoms with E-state index >= 15 is 0 Å². The molecular formula is C17H20FNO3. The Hall–Kier alpha value is -2.27. The summed E-state index contributed by atoms with van der Waals surface area (Å²) in [7, 11) is 4.53. The van der Waals surface area contributed by atoms with E-state index in [4.69, 9.17) is 19.9 Å². The molecule has 0 aliphatic heterocycles. The lowest BCUT2D eigenvalue weighted by atomic mass is 9.98. The Bertz CT molecular complexity index is 671. The lowest BCUT2D eigenvalue weighted by Crippen LogP contribution is -2.06. The monoisotopic (exact) mass is 305 g/mol. The van der Waals surface area contributed by atoms with Crippen LogP contribution in [0.15, 0.2) is 30.3 Å². The van der Waals surface area contributed by atoms with Crippen molar-refractivity contribution in [1.29, 1.82) is 0 Å². The third kappa shape index (κ3) is 2.99. The van der Waals surface area contributed by atoms with Gasteiger partial charge in [0.25, 0.3) is 0 Å². The van der Waals surface area contributed by atoms with E-state index in [-0.39, 0.29) is 11.8 Å². The lowest BCUT2D eigenvalue weighted by molar-refractivity contribution is 0.355. The first-order chi connectivity index (χ1) is 10.5. The van der Waals surface area contributed by atoms with Crippen molar-refractivity contribution in [2.75, 3.05) is 21.3 Å². The van der Waals surface area contributed by atoms with E-state index in [2.05, 4.69) is 0 Å². The molecule has 0 amide bonds. The number of methoxy groups -OCH3 is 3. The molecule has 2 aromatic rings. The minimum atomic E-state index is -0.438. The summed E-state index contributed by atoms with van der Waals surface area (Å²) in [5, 5.41) is 0. The van der Waals surface area contributed by atoms with Crippen LogP contribution in [0, 0.1) is 5.82 Å². The van der Waals surface area contributed by atoms with Gasteiger partial charge in [0, 0.05) is 11.6 Å². The number of ether oxygens (including phenoxy) is 3. The van der Waals surface area contributed by atoms with Gasteiger partial charge >= 0.3 is 0 Å². The Labute approximate surface area is 129 Å². The molecule has 1 unspecified atom stereocenters. The predicted molar refractivity (Wildman–Crippen MR) is 84.1 cm³/mol. The molecule has 0 radical (unpaired) electrons. The molecule has 2 rings (SSSR count). The van der Waals surface area contributed by atoms with Crippen molar-refractivity contribution in [2.45, 2.75) is 13.0 Å². The van der Waals surface area contributed by atoms with Gasteiger partial charge in [-0.05, 0) is 42.3 Å². The molecule has 0 spiro atoms. The smallest absolute Gasteiger partial charge is 0.168 e. The zero-order valence-corrected chi connectivity index (χ0v) is 13.1. The summed E-state index contributed by atoms with van der Waals surface area (Å²) < 4.78 is 29.7. The maximum atomic E-state index is 14.0. The summed E-state index contributed by atoms with van der Waals surface area (Å²) in [4.78, 5) is 0. The summed E-state index contributed by atoms with van der Waals surface area (Å²) in [6.07, 6.45) is 0. The molecule has 2 aromatic carbocycles. The second kappa shape index (κ2) is 6.66. The summed E-state index contributed by atoms with van der Waals surface area (Å²) in [5.41, 5.74) is 8.22. The first-order valence-electron chi connectivity index (χ1n) is 6.87. The Morgan fingerprint density at radius 1 is 0.955 bits per heavy atom. The van der Waals surface area contributed by atoms with Crippen molar-refractivity contribution < 1.29 is 18.6 Å². The fourth-order valence-corrected chi connectivity index (χ4v) is 2.30. The summed E-state index contributed by atoms with van der Waals surface area (Å²) in [6.45, 7) is 1.87. The van der Waals surface area contributed by atoms with Crippen molar-refractivity contribution in [2.24, 2.45) is 5.73 Å². The van der Waals surface area contributed by atoms with Crippen molar-refractivity contribution in [1.82, 2.24) is 0 Å². The molecule has 0 aliphatic rings. The highest BCUT2D eigenvalue weighted by atomic mass is 19.1. The number of halogens is 1. The predicted octanol–water partition coefficient (Wildman–Crippen LogP) is 3.54. The van der Waals surface area contributed by atoms with Gasteiger partial charge in [0.1, 0.15) is 0 Å². The zero-order valence-electron chi connectivity index (χ0n) is 13.1. The van der Waals surface area contributed by atoms with Crippen LogP contribution in [0.4, 0.5) is 4.39 Å².